The van der Waals surface area contributed by atoms with E-state index in [4.69, 9.17) is 9.47 Å². The molecule has 4 aromatic rings. The Hall–Kier alpha value is -2.12. The lowest BCUT2D eigenvalue weighted by Crippen LogP contribution is -3.00. The summed E-state index contributed by atoms with van der Waals surface area (Å²) in [6.07, 6.45) is 24.0. The fraction of sp³-hybridized carbons (Fsp3) is 0.600. The lowest BCUT2D eigenvalue weighted by Gasteiger charge is -2.30. The number of ether oxygens (including phenoxy) is 2. The molecule has 0 radical (unpaired) electrons. The Morgan fingerprint density at radius 1 is 0.375 bits per heavy atom. The average molecular weight is 899 g/mol. The summed E-state index contributed by atoms with van der Waals surface area (Å²) in [5.41, 5.74) is 2.30. The van der Waals surface area contributed by atoms with E-state index in [1.54, 1.807) is 0 Å². The Morgan fingerprint density at radius 2 is 0.696 bits per heavy atom. The Balaban J connectivity index is 0.00000541. The number of benzene rings is 4. The van der Waals surface area contributed by atoms with Crippen molar-refractivity contribution >= 4 is 21.5 Å². The highest BCUT2D eigenvalue weighted by Crippen LogP contribution is 2.45. The quantitative estimate of drug-likeness (QED) is 0.0413. The molecule has 0 saturated carbocycles. The van der Waals surface area contributed by atoms with Crippen LogP contribution in [0.15, 0.2) is 72.8 Å². The molecule has 4 rings (SSSR count). The molecule has 4 nitrogen and oxygen atoms in total. The zero-order valence-corrected chi connectivity index (χ0v) is 39.5. The Labute approximate surface area is 364 Å². The van der Waals surface area contributed by atoms with E-state index in [0.29, 0.717) is 13.2 Å². The third kappa shape index (κ3) is 17.4. The van der Waals surface area contributed by atoms with Gasteiger partial charge in [0, 0.05) is 24.0 Å². The van der Waals surface area contributed by atoms with Gasteiger partial charge in [0.05, 0.1) is 67.6 Å². The third-order valence-corrected chi connectivity index (χ3v) is 11.6. The molecule has 0 spiro atoms. The Bertz CT molecular complexity index is 1520. The zero-order valence-electron chi connectivity index (χ0n) is 36.4. The maximum absolute atomic E-state index is 6.77. The van der Waals surface area contributed by atoms with Crippen LogP contribution in [0, 0.1) is 0 Å². The molecule has 56 heavy (non-hydrogen) atoms. The van der Waals surface area contributed by atoms with E-state index in [9.17, 15) is 0 Å². The molecule has 0 heterocycles. The van der Waals surface area contributed by atoms with Crippen LogP contribution in [0.1, 0.15) is 129 Å². The number of hydrogen-bond donors (Lipinski definition) is 0. The summed E-state index contributed by atoms with van der Waals surface area (Å²) in [6, 6.07) is 26.3. The smallest absolute Gasteiger partial charge is 0.127 e. The average Bonchev–Trinajstić information content (AvgIpc) is 3.17. The minimum atomic E-state index is 0. The van der Waals surface area contributed by atoms with Gasteiger partial charge in [-0.2, -0.15) is 0 Å². The van der Waals surface area contributed by atoms with Gasteiger partial charge in [-0.05, 0) is 59.4 Å². The number of fused-ring (bicyclic) bond motifs is 2. The van der Waals surface area contributed by atoms with Gasteiger partial charge in [-0.1, -0.05) is 152 Å². The number of halogens is 2. The molecule has 0 aliphatic heterocycles. The van der Waals surface area contributed by atoms with Crippen molar-refractivity contribution in [1.29, 1.82) is 0 Å². The van der Waals surface area contributed by atoms with Crippen LogP contribution >= 0.6 is 0 Å². The molecule has 0 amide bonds. The van der Waals surface area contributed by atoms with Crippen molar-refractivity contribution in [3.8, 4) is 22.6 Å². The second-order valence-corrected chi connectivity index (χ2v) is 17.4. The van der Waals surface area contributed by atoms with Crippen LogP contribution in [0.3, 0.4) is 0 Å². The zero-order chi connectivity index (χ0) is 38.5. The lowest BCUT2D eigenvalue weighted by atomic mass is 9.92. The predicted octanol–water partition coefficient (Wildman–Crippen LogP) is 7.64. The topological polar surface area (TPSA) is 18.5 Å². The summed E-state index contributed by atoms with van der Waals surface area (Å²) in [4.78, 5) is 0. The van der Waals surface area contributed by atoms with E-state index >= 15 is 0 Å². The lowest BCUT2D eigenvalue weighted by molar-refractivity contribution is -0.890. The first-order valence-electron chi connectivity index (χ1n) is 22.2. The molecule has 0 aromatic heterocycles. The number of hydrogen-bond acceptors (Lipinski definition) is 2. The van der Waals surface area contributed by atoms with Crippen molar-refractivity contribution < 1.29 is 52.4 Å². The molecule has 0 atom stereocenters. The first kappa shape index (κ1) is 50.0. The molecule has 0 unspecified atom stereocenters. The first-order valence-corrected chi connectivity index (χ1v) is 22.2. The molecule has 4 aromatic carbocycles. The summed E-state index contributed by atoms with van der Waals surface area (Å²) in [5.74, 6) is 1.90. The highest BCUT2D eigenvalue weighted by molar-refractivity contribution is 6.09. The molecule has 0 aliphatic rings. The van der Waals surface area contributed by atoms with Crippen LogP contribution in [0.4, 0.5) is 0 Å². The second kappa shape index (κ2) is 27.5. The summed E-state index contributed by atoms with van der Waals surface area (Å²) in [6.45, 7) is 10.7. The van der Waals surface area contributed by atoms with E-state index in [1.165, 1.54) is 137 Å². The molecular formula is C50H78Br2N2O2. The molecule has 314 valence electrons. The van der Waals surface area contributed by atoms with Crippen LogP contribution in [0.25, 0.3) is 32.7 Å². The molecule has 0 fully saturated rings. The second-order valence-electron chi connectivity index (χ2n) is 17.4. The summed E-state index contributed by atoms with van der Waals surface area (Å²) in [7, 11) is 9.55. The SMILES string of the molecule is CCCCCCCCCC[N+](C)(C)CCCOc1ccc2ccccc2c1-c1c(OCCC[N+](C)(C)CCCCCCCCCC)ccc2ccccc12.[Br-].[Br-]. The molecule has 6 heteroatoms. The van der Waals surface area contributed by atoms with Crippen molar-refractivity contribution in [2.75, 3.05) is 67.6 Å². The van der Waals surface area contributed by atoms with E-state index in [0.717, 1.165) is 57.5 Å². The highest BCUT2D eigenvalue weighted by Gasteiger charge is 2.21. The molecule has 0 saturated heterocycles. The Kier molecular flexibility index (Phi) is 24.6. The van der Waals surface area contributed by atoms with Gasteiger partial charge in [-0.3, -0.25) is 0 Å². The first-order chi connectivity index (χ1) is 26.2. The molecule has 0 aliphatic carbocycles. The van der Waals surface area contributed by atoms with Gasteiger partial charge in [0.2, 0.25) is 0 Å². The minimum Gasteiger partial charge on any atom is -1.00 e. The maximum atomic E-state index is 6.77. The largest absolute Gasteiger partial charge is 1.00 e. The van der Waals surface area contributed by atoms with Gasteiger partial charge in [0.25, 0.3) is 0 Å². The van der Waals surface area contributed by atoms with Gasteiger partial charge in [0.1, 0.15) is 11.5 Å². The number of quaternary nitrogens is 2. The fourth-order valence-electron chi connectivity index (χ4n) is 8.18. The minimum absolute atomic E-state index is 0. The number of nitrogens with zero attached hydrogens (tertiary/aromatic N) is 2. The van der Waals surface area contributed by atoms with E-state index in [-0.39, 0.29) is 34.0 Å². The highest BCUT2D eigenvalue weighted by atomic mass is 79.9. The standard InChI is InChI=1S/C50H78N2O2.2BrH/c1-7-9-11-13-15-17-19-25-37-51(3,4)39-27-41-53-47-35-33-43-29-21-23-31-45(43)49(47)50-46-32-24-22-30-44(46)34-36-48(50)54-42-28-40-52(5,6)38-26-20-18-16-14-12-10-8-2;;/h21-24,29-36H,7-20,25-28,37-42H2,1-6H3;2*1H/q+2;;/p-2. The van der Waals surface area contributed by atoms with Crippen LogP contribution < -0.4 is 43.4 Å². The maximum Gasteiger partial charge on any atom is 0.127 e. The van der Waals surface area contributed by atoms with Crippen molar-refractivity contribution in [1.82, 2.24) is 0 Å². The number of rotatable bonds is 29. The van der Waals surface area contributed by atoms with Gasteiger partial charge in [-0.25, -0.2) is 0 Å². The van der Waals surface area contributed by atoms with Crippen LogP contribution in [0.5, 0.6) is 11.5 Å². The van der Waals surface area contributed by atoms with E-state index in [1.807, 2.05) is 0 Å². The Morgan fingerprint density at radius 3 is 1.07 bits per heavy atom. The third-order valence-electron chi connectivity index (χ3n) is 11.6. The predicted molar refractivity (Wildman–Crippen MR) is 236 cm³/mol. The summed E-state index contributed by atoms with van der Waals surface area (Å²) < 4.78 is 15.7. The van der Waals surface area contributed by atoms with Crippen molar-refractivity contribution in [2.24, 2.45) is 0 Å². The molecule has 0 N–H and O–H groups in total. The van der Waals surface area contributed by atoms with Gasteiger partial charge >= 0.3 is 0 Å². The summed E-state index contributed by atoms with van der Waals surface area (Å²) >= 11 is 0. The molecular weight excluding hydrogens is 820 g/mol. The van der Waals surface area contributed by atoms with Crippen LogP contribution in [-0.4, -0.2) is 76.5 Å². The fourth-order valence-corrected chi connectivity index (χ4v) is 8.18. The number of unbranched alkanes of at least 4 members (excludes halogenated alkanes) is 14. The van der Waals surface area contributed by atoms with Crippen molar-refractivity contribution in [2.45, 2.75) is 129 Å². The van der Waals surface area contributed by atoms with Crippen LogP contribution in [-0.2, 0) is 0 Å². The van der Waals surface area contributed by atoms with E-state index < -0.39 is 0 Å². The van der Waals surface area contributed by atoms with Gasteiger partial charge in [0.15, 0.2) is 0 Å². The van der Waals surface area contributed by atoms with Gasteiger partial charge in [-0.15, -0.1) is 0 Å². The normalized spacial score (nSPS) is 11.8. The van der Waals surface area contributed by atoms with Crippen LogP contribution in [0.2, 0.25) is 0 Å². The monoisotopic (exact) mass is 896 g/mol. The van der Waals surface area contributed by atoms with Crippen molar-refractivity contribution in [3.63, 3.8) is 0 Å². The van der Waals surface area contributed by atoms with Crippen molar-refractivity contribution in [3.05, 3.63) is 72.8 Å². The summed E-state index contributed by atoms with van der Waals surface area (Å²) in [5, 5.41) is 4.87. The molecule has 0 bridgehead atoms. The van der Waals surface area contributed by atoms with Gasteiger partial charge < -0.3 is 52.4 Å². The van der Waals surface area contributed by atoms with E-state index in [2.05, 4.69) is 115 Å².